The average molecular weight is 257 g/mol. The van der Waals surface area contributed by atoms with Gasteiger partial charge in [0.25, 0.3) is 0 Å². The van der Waals surface area contributed by atoms with E-state index in [1.165, 1.54) is 10.8 Å². The summed E-state index contributed by atoms with van der Waals surface area (Å²) in [7, 11) is 0. The fraction of sp³-hybridized carbons (Fsp3) is 0.412. The van der Waals surface area contributed by atoms with Gasteiger partial charge in [0.2, 0.25) is 0 Å². The van der Waals surface area contributed by atoms with Crippen LogP contribution in [0.4, 0.5) is 0 Å². The molecule has 0 heterocycles. The van der Waals surface area contributed by atoms with Crippen LogP contribution in [0.5, 0.6) is 5.75 Å². The highest BCUT2D eigenvalue weighted by molar-refractivity contribution is 5.83. The number of rotatable bonds is 3. The van der Waals surface area contributed by atoms with Gasteiger partial charge in [-0.2, -0.15) is 0 Å². The van der Waals surface area contributed by atoms with Crippen LogP contribution >= 0.6 is 0 Å². The molecule has 2 nitrogen and oxygen atoms in total. The van der Waals surface area contributed by atoms with Gasteiger partial charge in [-0.05, 0) is 29.8 Å². The SMILES string of the molecule is CC(N)C(Oc1ccc2ccccc2c1)C(C)(C)C. The first-order valence-corrected chi connectivity index (χ1v) is 6.79. The predicted molar refractivity (Wildman–Crippen MR) is 81.5 cm³/mol. The molecule has 0 aliphatic rings. The van der Waals surface area contributed by atoms with Crippen LogP contribution in [0.15, 0.2) is 42.5 Å². The van der Waals surface area contributed by atoms with Crippen LogP contribution < -0.4 is 10.5 Å². The molecule has 102 valence electrons. The molecule has 0 radical (unpaired) electrons. The van der Waals surface area contributed by atoms with Crippen LogP contribution in [0.25, 0.3) is 10.8 Å². The largest absolute Gasteiger partial charge is 0.488 e. The second-order valence-corrected chi connectivity index (χ2v) is 6.27. The third-order valence-corrected chi connectivity index (χ3v) is 3.32. The summed E-state index contributed by atoms with van der Waals surface area (Å²) < 4.78 is 6.12. The molecule has 0 fully saturated rings. The van der Waals surface area contributed by atoms with Crippen LogP contribution in [0.3, 0.4) is 0 Å². The van der Waals surface area contributed by atoms with Crippen molar-refractivity contribution in [1.82, 2.24) is 0 Å². The molecular weight excluding hydrogens is 234 g/mol. The van der Waals surface area contributed by atoms with E-state index < -0.39 is 0 Å². The van der Waals surface area contributed by atoms with Crippen LogP contribution in [-0.2, 0) is 0 Å². The van der Waals surface area contributed by atoms with Gasteiger partial charge in [-0.25, -0.2) is 0 Å². The maximum Gasteiger partial charge on any atom is 0.120 e. The van der Waals surface area contributed by atoms with Crippen molar-refractivity contribution in [3.8, 4) is 5.75 Å². The number of ether oxygens (including phenoxy) is 1. The molecule has 2 aromatic rings. The minimum Gasteiger partial charge on any atom is -0.488 e. The molecule has 2 aromatic carbocycles. The Morgan fingerprint density at radius 1 is 1.00 bits per heavy atom. The van der Waals surface area contributed by atoms with Crippen LogP contribution in [0, 0.1) is 5.41 Å². The van der Waals surface area contributed by atoms with Crippen molar-refractivity contribution < 1.29 is 4.74 Å². The second kappa shape index (κ2) is 5.22. The predicted octanol–water partition coefficient (Wildman–Crippen LogP) is 3.98. The van der Waals surface area contributed by atoms with Gasteiger partial charge >= 0.3 is 0 Å². The summed E-state index contributed by atoms with van der Waals surface area (Å²) in [4.78, 5) is 0. The summed E-state index contributed by atoms with van der Waals surface area (Å²) in [6, 6.07) is 14.5. The molecule has 0 saturated carbocycles. The third-order valence-electron chi connectivity index (χ3n) is 3.32. The topological polar surface area (TPSA) is 35.2 Å². The summed E-state index contributed by atoms with van der Waals surface area (Å²) in [6.07, 6.45) is -0.00587. The second-order valence-electron chi connectivity index (χ2n) is 6.27. The van der Waals surface area contributed by atoms with Gasteiger partial charge in [0, 0.05) is 11.5 Å². The van der Waals surface area contributed by atoms with E-state index in [1.54, 1.807) is 0 Å². The molecule has 0 bridgehead atoms. The van der Waals surface area contributed by atoms with Crippen molar-refractivity contribution >= 4 is 10.8 Å². The van der Waals surface area contributed by atoms with E-state index in [-0.39, 0.29) is 17.6 Å². The Kier molecular flexibility index (Phi) is 3.81. The number of hydrogen-bond acceptors (Lipinski definition) is 2. The van der Waals surface area contributed by atoms with Gasteiger partial charge < -0.3 is 10.5 Å². The van der Waals surface area contributed by atoms with E-state index >= 15 is 0 Å². The van der Waals surface area contributed by atoms with E-state index in [1.807, 2.05) is 25.1 Å². The van der Waals surface area contributed by atoms with Gasteiger partial charge in [0.15, 0.2) is 0 Å². The Balaban J connectivity index is 2.29. The average Bonchev–Trinajstić information content (AvgIpc) is 2.34. The highest BCUT2D eigenvalue weighted by atomic mass is 16.5. The summed E-state index contributed by atoms with van der Waals surface area (Å²) in [5, 5.41) is 2.42. The highest BCUT2D eigenvalue weighted by Crippen LogP contribution is 2.28. The quantitative estimate of drug-likeness (QED) is 0.902. The van der Waals surface area contributed by atoms with Gasteiger partial charge in [0.05, 0.1) is 0 Å². The highest BCUT2D eigenvalue weighted by Gasteiger charge is 2.29. The zero-order chi connectivity index (χ0) is 14.0. The lowest BCUT2D eigenvalue weighted by Crippen LogP contribution is -2.45. The Bertz CT molecular complexity index is 554. The molecular formula is C17H23NO. The molecule has 2 N–H and O–H groups in total. The van der Waals surface area contributed by atoms with Crippen LogP contribution in [-0.4, -0.2) is 12.1 Å². The van der Waals surface area contributed by atoms with Crippen molar-refractivity contribution in [2.75, 3.05) is 0 Å². The Labute approximate surface area is 115 Å². The minimum absolute atomic E-state index is 0.00587. The Hall–Kier alpha value is -1.54. The number of benzene rings is 2. The minimum atomic E-state index is -0.00790. The molecule has 0 aromatic heterocycles. The lowest BCUT2D eigenvalue weighted by Gasteiger charge is -2.34. The summed E-state index contributed by atoms with van der Waals surface area (Å²) >= 11 is 0. The Morgan fingerprint density at radius 3 is 2.21 bits per heavy atom. The van der Waals surface area contributed by atoms with E-state index in [9.17, 15) is 0 Å². The first kappa shape index (κ1) is 13.9. The number of nitrogens with two attached hydrogens (primary N) is 1. The lowest BCUT2D eigenvalue weighted by atomic mass is 9.85. The molecule has 2 rings (SSSR count). The monoisotopic (exact) mass is 257 g/mol. The standard InChI is InChI=1S/C17H23NO/c1-12(18)16(17(2,3)4)19-15-10-9-13-7-5-6-8-14(13)11-15/h5-12,16H,18H2,1-4H3. The zero-order valence-electron chi connectivity index (χ0n) is 12.2. The molecule has 2 unspecified atom stereocenters. The summed E-state index contributed by atoms with van der Waals surface area (Å²) in [5.41, 5.74) is 6.07. The number of fused-ring (bicyclic) bond motifs is 1. The van der Waals surface area contributed by atoms with Crippen molar-refractivity contribution in [2.45, 2.75) is 39.8 Å². The van der Waals surface area contributed by atoms with E-state index in [0.29, 0.717) is 0 Å². The van der Waals surface area contributed by atoms with Crippen molar-refractivity contribution in [3.05, 3.63) is 42.5 Å². The summed E-state index contributed by atoms with van der Waals surface area (Å²) in [5.74, 6) is 0.885. The first-order chi connectivity index (χ1) is 8.88. The maximum atomic E-state index is 6.12. The molecule has 2 heteroatoms. The molecule has 19 heavy (non-hydrogen) atoms. The van der Waals surface area contributed by atoms with Gasteiger partial charge in [0.1, 0.15) is 11.9 Å². The molecule has 0 aliphatic carbocycles. The van der Waals surface area contributed by atoms with E-state index in [4.69, 9.17) is 10.5 Å². The molecule has 0 spiro atoms. The maximum absolute atomic E-state index is 6.12. The van der Waals surface area contributed by atoms with Gasteiger partial charge in [-0.1, -0.05) is 51.1 Å². The lowest BCUT2D eigenvalue weighted by molar-refractivity contribution is 0.0686. The van der Waals surface area contributed by atoms with Gasteiger partial charge in [-0.3, -0.25) is 0 Å². The summed E-state index contributed by atoms with van der Waals surface area (Å²) in [6.45, 7) is 8.46. The normalized spacial score (nSPS) is 15.2. The molecule has 0 aliphatic heterocycles. The smallest absolute Gasteiger partial charge is 0.120 e. The zero-order valence-corrected chi connectivity index (χ0v) is 12.2. The Morgan fingerprint density at radius 2 is 1.63 bits per heavy atom. The molecule has 0 saturated heterocycles. The fourth-order valence-electron chi connectivity index (χ4n) is 2.46. The van der Waals surface area contributed by atoms with Crippen LogP contribution in [0.2, 0.25) is 0 Å². The van der Waals surface area contributed by atoms with Crippen LogP contribution in [0.1, 0.15) is 27.7 Å². The molecule has 2 atom stereocenters. The van der Waals surface area contributed by atoms with E-state index in [0.717, 1.165) is 5.75 Å². The van der Waals surface area contributed by atoms with Gasteiger partial charge in [-0.15, -0.1) is 0 Å². The number of hydrogen-bond donors (Lipinski definition) is 1. The van der Waals surface area contributed by atoms with E-state index in [2.05, 4.69) is 45.0 Å². The third kappa shape index (κ3) is 3.27. The van der Waals surface area contributed by atoms with Crippen molar-refractivity contribution in [1.29, 1.82) is 0 Å². The van der Waals surface area contributed by atoms with Crippen molar-refractivity contribution in [2.24, 2.45) is 11.1 Å². The molecule has 0 amide bonds. The first-order valence-electron chi connectivity index (χ1n) is 6.79. The fourth-order valence-corrected chi connectivity index (χ4v) is 2.46. The van der Waals surface area contributed by atoms with Crippen molar-refractivity contribution in [3.63, 3.8) is 0 Å².